The number of nitrogens with zero attached hydrogens (tertiary/aromatic N) is 1. The van der Waals surface area contributed by atoms with Gasteiger partial charge in [-0.1, -0.05) is 20.8 Å². The average molecular weight is 702 g/mol. The first-order valence-corrected chi connectivity index (χ1v) is 17.9. The minimum Gasteiger partial charge on any atom is -0.488 e. The quantitative estimate of drug-likeness (QED) is 0.233. The van der Waals surface area contributed by atoms with Crippen molar-refractivity contribution in [2.24, 2.45) is 17.8 Å². The van der Waals surface area contributed by atoms with Gasteiger partial charge in [-0.05, 0) is 81.0 Å². The number of aliphatic hydroxyl groups excluding tert-OH is 3. The van der Waals surface area contributed by atoms with E-state index in [0.717, 1.165) is 5.57 Å². The first kappa shape index (κ1) is 40.4. The van der Waals surface area contributed by atoms with E-state index in [2.05, 4.69) is 0 Å². The standard InChI is InChI=1S/C36H63NO12/c1-13-24(38)36(10,43)31-19(4)27-17(2)15-35(9,49-27)30(48-33-26(39)23(37(11)12)14-18(3)44-33)20(5)28(21(6)32(41)47-31)46-25-16-34(8,42)29(40)22(7)45-25/h18-26,28-31,33,38-40,42-43H,13-16H2,1-12H3/t18-,19+,20+,21?,22+,23+,24-,25+,26-,28?,29+,30-,31?,33+,34-,35+,36-/m1/s1. The molecule has 0 aromatic heterocycles. The summed E-state index contributed by atoms with van der Waals surface area (Å²) in [4.78, 5) is 16.1. The molecule has 0 radical (unpaired) electrons. The van der Waals surface area contributed by atoms with Gasteiger partial charge in [-0.2, -0.15) is 0 Å². The molecule has 4 aliphatic heterocycles. The lowest BCUT2D eigenvalue weighted by Gasteiger charge is -2.48. The molecule has 13 heteroatoms. The molecule has 13 nitrogen and oxygen atoms in total. The summed E-state index contributed by atoms with van der Waals surface area (Å²) >= 11 is 0. The van der Waals surface area contributed by atoms with Crippen molar-refractivity contribution >= 4 is 5.97 Å². The van der Waals surface area contributed by atoms with Crippen LogP contribution in [0.25, 0.3) is 0 Å². The summed E-state index contributed by atoms with van der Waals surface area (Å²) in [6.07, 6.45) is -8.20. The summed E-state index contributed by atoms with van der Waals surface area (Å²) in [5.41, 5.74) is -3.55. The SMILES string of the molecule is CC[C@@H](O)[C@@](C)(O)C1OC(=O)C(C)C(O[C@H]2C[C@@](C)(O)[C@@H](O)[C@H](C)O2)[C@H](C)[C@@H](O[C@@H]2O[C@H](C)C[C@H](N(C)C)[C@H]2O)[C@]2(C)CC(C)=C(O2)[C@@H]1C. The van der Waals surface area contributed by atoms with E-state index in [9.17, 15) is 30.3 Å². The summed E-state index contributed by atoms with van der Waals surface area (Å²) < 4.78 is 38.7. The third-order valence-corrected chi connectivity index (χ3v) is 11.5. The second kappa shape index (κ2) is 14.9. The molecule has 17 atom stereocenters. The van der Waals surface area contributed by atoms with Crippen molar-refractivity contribution in [3.8, 4) is 0 Å². The number of carbonyl (C=O) groups excluding carboxylic acids is 1. The Kier molecular flexibility index (Phi) is 12.3. The average Bonchev–Trinajstić information content (AvgIpc) is 3.33. The summed E-state index contributed by atoms with van der Waals surface area (Å²) in [6, 6.07) is -0.237. The Balaban J connectivity index is 1.82. The molecule has 3 saturated heterocycles. The van der Waals surface area contributed by atoms with Gasteiger partial charge in [-0.3, -0.25) is 4.79 Å². The monoisotopic (exact) mass is 701 g/mol. The summed E-state index contributed by atoms with van der Waals surface area (Å²) in [6.45, 7) is 17.5. The number of esters is 1. The highest BCUT2D eigenvalue weighted by Gasteiger charge is 2.56. The molecule has 3 unspecified atom stereocenters. The fourth-order valence-corrected chi connectivity index (χ4v) is 8.54. The van der Waals surface area contributed by atoms with E-state index in [1.807, 2.05) is 46.7 Å². The Morgan fingerprint density at radius 3 is 2.27 bits per heavy atom. The molecule has 0 spiro atoms. The zero-order valence-electron chi connectivity index (χ0n) is 31.5. The molecule has 4 aliphatic rings. The normalized spacial score (nSPS) is 47.2. The van der Waals surface area contributed by atoms with Gasteiger partial charge in [0.1, 0.15) is 41.4 Å². The molecule has 3 fully saturated rings. The van der Waals surface area contributed by atoms with Crippen molar-refractivity contribution in [1.29, 1.82) is 0 Å². The molecule has 0 amide bonds. The maximum Gasteiger partial charge on any atom is 0.311 e. The van der Waals surface area contributed by atoms with Gasteiger partial charge in [0.15, 0.2) is 12.6 Å². The number of rotatable bonds is 8. The van der Waals surface area contributed by atoms with E-state index >= 15 is 0 Å². The Morgan fingerprint density at radius 1 is 1.06 bits per heavy atom. The van der Waals surface area contributed by atoms with Gasteiger partial charge < -0.3 is 58.9 Å². The van der Waals surface area contributed by atoms with Gasteiger partial charge >= 0.3 is 5.97 Å². The fraction of sp³-hybridized carbons (Fsp3) is 0.917. The highest BCUT2D eigenvalue weighted by molar-refractivity contribution is 5.73. The summed E-state index contributed by atoms with van der Waals surface area (Å²) in [5.74, 6) is -2.41. The smallest absolute Gasteiger partial charge is 0.311 e. The summed E-state index contributed by atoms with van der Waals surface area (Å²) in [5, 5.41) is 55.8. The van der Waals surface area contributed by atoms with Crippen molar-refractivity contribution in [2.45, 2.75) is 179 Å². The minimum absolute atomic E-state index is 0.0723. The number of cyclic esters (lactones) is 1. The van der Waals surface area contributed by atoms with Gasteiger partial charge in [0.05, 0.1) is 41.9 Å². The molecule has 4 rings (SSSR count). The molecule has 5 N–H and O–H groups in total. The van der Waals surface area contributed by atoms with E-state index in [-0.39, 0.29) is 25.0 Å². The number of aliphatic hydroxyl groups is 5. The molecule has 49 heavy (non-hydrogen) atoms. The lowest BCUT2D eigenvalue weighted by atomic mass is 9.78. The second-order valence-corrected chi connectivity index (χ2v) is 16.2. The number of carbonyl (C=O) groups is 1. The van der Waals surface area contributed by atoms with Crippen molar-refractivity contribution < 1.29 is 58.7 Å². The molecular formula is C36H63NO12. The van der Waals surface area contributed by atoms with Crippen LogP contribution in [0.15, 0.2) is 11.3 Å². The number of likely N-dealkylation sites (N-methyl/N-ethyl adjacent to an activating group) is 1. The zero-order chi connectivity index (χ0) is 37.0. The van der Waals surface area contributed by atoms with Gasteiger partial charge in [-0.25, -0.2) is 0 Å². The third-order valence-electron chi connectivity index (χ3n) is 11.5. The van der Waals surface area contributed by atoms with Crippen LogP contribution < -0.4 is 0 Å². The minimum atomic E-state index is -1.83. The largest absolute Gasteiger partial charge is 0.488 e. The molecular weight excluding hydrogens is 638 g/mol. The van der Waals surface area contributed by atoms with E-state index < -0.39 is 95.8 Å². The van der Waals surface area contributed by atoms with E-state index in [0.29, 0.717) is 18.6 Å². The predicted molar refractivity (Wildman–Crippen MR) is 179 cm³/mol. The summed E-state index contributed by atoms with van der Waals surface area (Å²) in [7, 11) is 3.80. The molecule has 2 bridgehead atoms. The van der Waals surface area contributed by atoms with Crippen LogP contribution in [0.5, 0.6) is 0 Å². The maximum absolute atomic E-state index is 14.2. The van der Waals surface area contributed by atoms with Crippen LogP contribution in [-0.4, -0.2) is 135 Å². The van der Waals surface area contributed by atoms with Crippen molar-refractivity contribution in [1.82, 2.24) is 4.90 Å². The van der Waals surface area contributed by atoms with Crippen LogP contribution >= 0.6 is 0 Å². The van der Waals surface area contributed by atoms with Gasteiger partial charge in [0.2, 0.25) is 0 Å². The third kappa shape index (κ3) is 8.01. The number of fused-ring (bicyclic) bond motifs is 2. The van der Waals surface area contributed by atoms with Gasteiger partial charge in [0, 0.05) is 24.8 Å². The lowest BCUT2D eigenvalue weighted by Crippen LogP contribution is -2.60. The van der Waals surface area contributed by atoms with E-state index in [1.54, 1.807) is 27.7 Å². The molecule has 0 aromatic carbocycles. The van der Waals surface area contributed by atoms with Crippen LogP contribution in [-0.2, 0) is 33.2 Å². The molecule has 4 heterocycles. The van der Waals surface area contributed by atoms with Gasteiger partial charge in [-0.15, -0.1) is 0 Å². The lowest BCUT2D eigenvalue weighted by molar-refractivity contribution is -0.314. The van der Waals surface area contributed by atoms with Crippen LogP contribution in [0.4, 0.5) is 0 Å². The topological polar surface area (TPSA) is 177 Å². The number of ether oxygens (including phenoxy) is 6. The van der Waals surface area contributed by atoms with E-state index in [4.69, 9.17) is 28.4 Å². The van der Waals surface area contributed by atoms with E-state index in [1.165, 1.54) is 13.8 Å². The number of hydrogen-bond donors (Lipinski definition) is 5. The van der Waals surface area contributed by atoms with Crippen molar-refractivity contribution in [3.63, 3.8) is 0 Å². The Morgan fingerprint density at radius 2 is 1.69 bits per heavy atom. The molecule has 0 saturated carbocycles. The van der Waals surface area contributed by atoms with Gasteiger partial charge in [0.25, 0.3) is 0 Å². The Hall–Kier alpha value is -1.39. The van der Waals surface area contributed by atoms with Crippen LogP contribution in [0.3, 0.4) is 0 Å². The highest BCUT2D eigenvalue weighted by atomic mass is 16.7. The molecule has 0 aromatic rings. The number of hydrogen-bond acceptors (Lipinski definition) is 13. The highest BCUT2D eigenvalue weighted by Crippen LogP contribution is 2.48. The zero-order valence-corrected chi connectivity index (χ0v) is 31.5. The van der Waals surface area contributed by atoms with Crippen LogP contribution in [0.2, 0.25) is 0 Å². The first-order chi connectivity index (χ1) is 22.5. The predicted octanol–water partition coefficient (Wildman–Crippen LogP) is 2.24. The van der Waals surface area contributed by atoms with Crippen molar-refractivity contribution in [3.05, 3.63) is 11.3 Å². The Bertz CT molecular complexity index is 1190. The van der Waals surface area contributed by atoms with Crippen LogP contribution in [0, 0.1) is 17.8 Å². The Labute approximate surface area is 291 Å². The fourth-order valence-electron chi connectivity index (χ4n) is 8.54. The molecule has 284 valence electrons. The van der Waals surface area contributed by atoms with Crippen LogP contribution in [0.1, 0.15) is 94.9 Å². The second-order valence-electron chi connectivity index (χ2n) is 16.2. The van der Waals surface area contributed by atoms with Crippen molar-refractivity contribution in [2.75, 3.05) is 14.1 Å². The molecule has 0 aliphatic carbocycles. The maximum atomic E-state index is 14.2. The first-order valence-electron chi connectivity index (χ1n) is 17.9.